The molecule has 4 heteroatoms. The van der Waals surface area contributed by atoms with Crippen molar-refractivity contribution < 1.29 is 4.74 Å². The Balaban J connectivity index is 1.84. The molecule has 0 bridgehead atoms. The quantitative estimate of drug-likeness (QED) is 0.607. The minimum atomic E-state index is 0.145. The Hall–Kier alpha value is -1.22. The Kier molecular flexibility index (Phi) is 7.22. The van der Waals surface area contributed by atoms with Gasteiger partial charge < -0.3 is 9.64 Å². The Morgan fingerprint density at radius 1 is 1.09 bits per heavy atom. The smallest absolute Gasteiger partial charge is 0.138 e. The topological polar surface area (TPSA) is 12.5 Å². The molecule has 0 amide bonds. The van der Waals surface area contributed by atoms with E-state index in [1.807, 2.05) is 12.1 Å². The van der Waals surface area contributed by atoms with E-state index >= 15 is 0 Å². The molecule has 23 heavy (non-hydrogen) atoms. The number of ether oxygens (including phenoxy) is 1. The second-order valence-electron chi connectivity index (χ2n) is 5.73. The number of hydrogen-bond donors (Lipinski definition) is 0. The Morgan fingerprint density at radius 2 is 1.83 bits per heavy atom. The van der Waals surface area contributed by atoms with Gasteiger partial charge in [0.2, 0.25) is 0 Å². The normalized spacial score (nSPS) is 12.4. The zero-order chi connectivity index (χ0) is 16.7. The second-order valence-corrected chi connectivity index (χ2v) is 6.58. The predicted molar refractivity (Wildman–Crippen MR) is 98.6 cm³/mol. The van der Waals surface area contributed by atoms with Gasteiger partial charge in [0.25, 0.3) is 0 Å². The van der Waals surface area contributed by atoms with E-state index in [4.69, 9.17) is 27.9 Å². The third kappa shape index (κ3) is 6.06. The van der Waals surface area contributed by atoms with E-state index in [0.717, 1.165) is 25.9 Å². The van der Waals surface area contributed by atoms with Crippen LogP contribution in [0.1, 0.15) is 25.3 Å². The van der Waals surface area contributed by atoms with E-state index in [1.54, 1.807) is 12.1 Å². The highest BCUT2D eigenvalue weighted by Gasteiger charge is 2.12. The summed E-state index contributed by atoms with van der Waals surface area (Å²) in [5.41, 5.74) is 1.32. The molecule has 0 N–H and O–H groups in total. The highest BCUT2D eigenvalue weighted by Crippen LogP contribution is 2.29. The van der Waals surface area contributed by atoms with Crippen molar-refractivity contribution in [1.82, 2.24) is 4.90 Å². The second kappa shape index (κ2) is 9.17. The van der Waals surface area contributed by atoms with Crippen molar-refractivity contribution in [2.45, 2.75) is 32.4 Å². The third-order valence-corrected chi connectivity index (χ3v) is 4.30. The number of benzene rings is 2. The van der Waals surface area contributed by atoms with Crippen molar-refractivity contribution in [3.8, 4) is 5.75 Å². The molecule has 0 aliphatic heterocycles. The summed E-state index contributed by atoms with van der Waals surface area (Å²) in [7, 11) is 2.13. The highest BCUT2D eigenvalue weighted by molar-refractivity contribution is 6.35. The summed E-state index contributed by atoms with van der Waals surface area (Å²) >= 11 is 12.1. The zero-order valence-electron chi connectivity index (χ0n) is 13.6. The van der Waals surface area contributed by atoms with Gasteiger partial charge >= 0.3 is 0 Å². The van der Waals surface area contributed by atoms with Crippen molar-refractivity contribution in [2.75, 3.05) is 13.6 Å². The largest absolute Gasteiger partial charge is 0.489 e. The summed E-state index contributed by atoms with van der Waals surface area (Å²) in [6, 6.07) is 15.8. The average Bonchev–Trinajstić information content (AvgIpc) is 2.54. The van der Waals surface area contributed by atoms with Crippen LogP contribution in [0.25, 0.3) is 0 Å². The monoisotopic (exact) mass is 351 g/mol. The van der Waals surface area contributed by atoms with Crippen LogP contribution in [0.2, 0.25) is 10.0 Å². The standard InChI is InChI=1S/C19H23Cl2NO/c1-3-17(23-19-10-9-16(20)13-18(19)21)11-12-22(2)14-15-7-5-4-6-8-15/h4-10,13,17H,3,11-12,14H2,1-2H3. The first kappa shape index (κ1) is 18.1. The fraction of sp³-hybridized carbons (Fsp3) is 0.368. The minimum absolute atomic E-state index is 0.145. The molecule has 2 aromatic rings. The summed E-state index contributed by atoms with van der Waals surface area (Å²) in [6.45, 7) is 4.04. The molecule has 124 valence electrons. The first-order chi connectivity index (χ1) is 11.1. The summed E-state index contributed by atoms with van der Waals surface area (Å²) in [5, 5.41) is 1.19. The third-order valence-electron chi connectivity index (χ3n) is 3.77. The molecule has 1 atom stereocenters. The van der Waals surface area contributed by atoms with Gasteiger partial charge in [-0.15, -0.1) is 0 Å². The zero-order valence-corrected chi connectivity index (χ0v) is 15.1. The molecule has 0 aliphatic carbocycles. The van der Waals surface area contributed by atoms with Crippen LogP contribution in [0.3, 0.4) is 0 Å². The van der Waals surface area contributed by atoms with Gasteiger partial charge in [-0.2, -0.15) is 0 Å². The van der Waals surface area contributed by atoms with Gasteiger partial charge in [0.05, 0.1) is 11.1 Å². The number of halogens is 2. The lowest BCUT2D eigenvalue weighted by Gasteiger charge is -2.22. The van der Waals surface area contributed by atoms with Gasteiger partial charge in [0.15, 0.2) is 0 Å². The Labute approximate surface area is 149 Å². The van der Waals surface area contributed by atoms with Crippen LogP contribution in [-0.2, 0) is 6.54 Å². The molecular weight excluding hydrogens is 329 g/mol. The molecule has 2 rings (SSSR count). The summed E-state index contributed by atoms with van der Waals surface area (Å²) in [5.74, 6) is 0.702. The maximum Gasteiger partial charge on any atom is 0.138 e. The molecule has 0 heterocycles. The predicted octanol–water partition coefficient (Wildman–Crippen LogP) is 5.67. The van der Waals surface area contributed by atoms with E-state index < -0.39 is 0 Å². The maximum atomic E-state index is 6.18. The fourth-order valence-corrected chi connectivity index (χ4v) is 2.89. The molecule has 2 aromatic carbocycles. The number of nitrogens with zero attached hydrogens (tertiary/aromatic N) is 1. The fourth-order valence-electron chi connectivity index (χ4n) is 2.44. The molecule has 0 aliphatic rings. The minimum Gasteiger partial charge on any atom is -0.489 e. The summed E-state index contributed by atoms with van der Waals surface area (Å²) < 4.78 is 6.03. The first-order valence-electron chi connectivity index (χ1n) is 7.92. The lowest BCUT2D eigenvalue weighted by molar-refractivity contribution is 0.165. The molecule has 0 spiro atoms. The van der Waals surface area contributed by atoms with Crippen molar-refractivity contribution in [2.24, 2.45) is 0 Å². The van der Waals surface area contributed by atoms with Gasteiger partial charge in [-0.25, -0.2) is 0 Å². The van der Waals surface area contributed by atoms with Crippen LogP contribution in [0.4, 0.5) is 0 Å². The van der Waals surface area contributed by atoms with Crippen molar-refractivity contribution in [1.29, 1.82) is 0 Å². The average molecular weight is 352 g/mol. The van der Waals surface area contributed by atoms with Crippen molar-refractivity contribution in [3.05, 3.63) is 64.1 Å². The molecule has 2 nitrogen and oxygen atoms in total. The maximum absolute atomic E-state index is 6.18. The molecule has 0 radical (unpaired) electrons. The highest BCUT2D eigenvalue weighted by atomic mass is 35.5. The van der Waals surface area contributed by atoms with Crippen molar-refractivity contribution >= 4 is 23.2 Å². The van der Waals surface area contributed by atoms with Crippen LogP contribution >= 0.6 is 23.2 Å². The summed E-state index contributed by atoms with van der Waals surface area (Å²) in [4.78, 5) is 2.31. The Bertz CT molecular complexity index is 604. The molecule has 0 aromatic heterocycles. The summed E-state index contributed by atoms with van der Waals surface area (Å²) in [6.07, 6.45) is 2.05. The van der Waals surface area contributed by atoms with Crippen LogP contribution < -0.4 is 4.74 Å². The van der Waals surface area contributed by atoms with E-state index in [0.29, 0.717) is 15.8 Å². The van der Waals surface area contributed by atoms with Crippen LogP contribution in [-0.4, -0.2) is 24.6 Å². The molecule has 0 saturated carbocycles. The van der Waals surface area contributed by atoms with Crippen LogP contribution in [0.5, 0.6) is 5.75 Å². The van der Waals surface area contributed by atoms with Gasteiger partial charge in [0, 0.05) is 18.1 Å². The molecular formula is C19H23Cl2NO. The molecule has 0 fully saturated rings. The molecule has 1 unspecified atom stereocenters. The van der Waals surface area contributed by atoms with E-state index in [-0.39, 0.29) is 6.10 Å². The van der Waals surface area contributed by atoms with Gasteiger partial charge in [-0.05, 0) is 43.7 Å². The lowest BCUT2D eigenvalue weighted by atomic mass is 10.1. The molecule has 0 saturated heterocycles. The first-order valence-corrected chi connectivity index (χ1v) is 8.68. The van der Waals surface area contributed by atoms with Gasteiger partial charge in [0.1, 0.15) is 5.75 Å². The SMILES string of the molecule is CCC(CCN(C)Cc1ccccc1)Oc1ccc(Cl)cc1Cl. The van der Waals surface area contributed by atoms with E-state index in [2.05, 4.69) is 43.1 Å². The number of rotatable bonds is 8. The van der Waals surface area contributed by atoms with Crippen LogP contribution in [0.15, 0.2) is 48.5 Å². The van der Waals surface area contributed by atoms with Crippen LogP contribution in [0, 0.1) is 0 Å². The lowest BCUT2D eigenvalue weighted by Crippen LogP contribution is -2.25. The van der Waals surface area contributed by atoms with E-state index in [1.165, 1.54) is 5.56 Å². The van der Waals surface area contributed by atoms with Crippen molar-refractivity contribution in [3.63, 3.8) is 0 Å². The van der Waals surface area contributed by atoms with Gasteiger partial charge in [-0.3, -0.25) is 0 Å². The number of hydrogen-bond acceptors (Lipinski definition) is 2. The van der Waals surface area contributed by atoms with E-state index in [9.17, 15) is 0 Å². The van der Waals surface area contributed by atoms with Gasteiger partial charge in [-0.1, -0.05) is 60.5 Å². The Morgan fingerprint density at radius 3 is 2.48 bits per heavy atom.